The Kier molecular flexibility index (Phi) is 5.42. The number of carbonyl (C=O) groups is 1. The van der Waals surface area contributed by atoms with Gasteiger partial charge in [0.1, 0.15) is 6.33 Å². The second kappa shape index (κ2) is 8.31. The molecule has 0 saturated carbocycles. The summed E-state index contributed by atoms with van der Waals surface area (Å²) in [6.07, 6.45) is 8.84. The van der Waals surface area contributed by atoms with Crippen LogP contribution in [0.1, 0.15) is 34.8 Å². The molecular weight excluding hydrogens is 367 g/mol. The van der Waals surface area contributed by atoms with Crippen LogP contribution in [0.2, 0.25) is 0 Å². The number of aromatic nitrogens is 3. The number of hydrogen-bond acceptors (Lipinski definition) is 5. The Morgan fingerprint density at radius 1 is 1.07 bits per heavy atom. The van der Waals surface area contributed by atoms with Gasteiger partial charge in [0.05, 0.1) is 29.8 Å². The number of ketones is 1. The van der Waals surface area contributed by atoms with Crippen molar-refractivity contribution in [2.75, 3.05) is 18.0 Å². The molecule has 3 heterocycles. The fourth-order valence-electron chi connectivity index (χ4n) is 3.58. The van der Waals surface area contributed by atoms with E-state index in [1.807, 2.05) is 36.7 Å². The van der Waals surface area contributed by atoms with Crippen LogP contribution in [0, 0.1) is 5.82 Å². The first-order valence-corrected chi connectivity index (χ1v) is 9.52. The van der Waals surface area contributed by atoms with Gasteiger partial charge in [0.25, 0.3) is 0 Å². The zero-order chi connectivity index (χ0) is 20.2. The largest absolute Gasteiger partial charge is 0.364 e. The molecule has 6 heteroatoms. The van der Waals surface area contributed by atoms with Crippen LogP contribution in [-0.2, 0) is 6.42 Å². The van der Waals surface area contributed by atoms with E-state index in [0.29, 0.717) is 0 Å². The van der Waals surface area contributed by atoms with Crippen LogP contribution in [0.15, 0.2) is 67.0 Å². The van der Waals surface area contributed by atoms with Gasteiger partial charge in [-0.3, -0.25) is 9.78 Å². The van der Waals surface area contributed by atoms with Crippen molar-refractivity contribution in [3.05, 3.63) is 89.5 Å². The summed E-state index contributed by atoms with van der Waals surface area (Å²) in [4.78, 5) is 26.6. The van der Waals surface area contributed by atoms with Crippen molar-refractivity contribution < 1.29 is 9.18 Å². The van der Waals surface area contributed by atoms with Crippen molar-refractivity contribution in [1.29, 1.82) is 0 Å². The van der Waals surface area contributed by atoms with E-state index in [1.165, 1.54) is 29.7 Å². The number of pyridine rings is 1. The van der Waals surface area contributed by atoms with Gasteiger partial charge in [-0.05, 0) is 36.1 Å². The van der Waals surface area contributed by atoms with Gasteiger partial charge in [-0.1, -0.05) is 29.8 Å². The molecule has 29 heavy (non-hydrogen) atoms. The number of hydrogen-bond donors (Lipinski definition) is 0. The summed E-state index contributed by atoms with van der Waals surface area (Å²) < 4.78 is 13.8. The van der Waals surface area contributed by atoms with Gasteiger partial charge in [-0.25, -0.2) is 14.4 Å². The average molecular weight is 388 g/mol. The van der Waals surface area contributed by atoms with Gasteiger partial charge < -0.3 is 4.90 Å². The highest BCUT2D eigenvalue weighted by Crippen LogP contribution is 2.29. The zero-order valence-electron chi connectivity index (χ0n) is 16.2. The molecule has 0 atom stereocenters. The summed E-state index contributed by atoms with van der Waals surface area (Å²) in [5, 5.41) is 0. The first-order valence-electron chi connectivity index (χ1n) is 9.52. The van der Waals surface area contributed by atoms with Crippen LogP contribution < -0.4 is 4.90 Å². The van der Waals surface area contributed by atoms with Crippen molar-refractivity contribution in [3.63, 3.8) is 0 Å². The molecule has 0 N–H and O–H groups in total. The van der Waals surface area contributed by atoms with E-state index in [2.05, 4.69) is 26.8 Å². The minimum Gasteiger partial charge on any atom is -0.364 e. The van der Waals surface area contributed by atoms with Gasteiger partial charge in [0.2, 0.25) is 0 Å². The molecule has 0 bridgehead atoms. The normalized spacial score (nSPS) is 14.2. The molecule has 4 rings (SSSR count). The van der Waals surface area contributed by atoms with Crippen LogP contribution in [0.25, 0.3) is 5.57 Å². The second-order valence-electron chi connectivity index (χ2n) is 7.18. The van der Waals surface area contributed by atoms with Crippen LogP contribution in [0.4, 0.5) is 10.1 Å². The van der Waals surface area contributed by atoms with Gasteiger partial charge in [0, 0.05) is 25.7 Å². The van der Waals surface area contributed by atoms with E-state index >= 15 is 0 Å². The highest BCUT2D eigenvalue weighted by atomic mass is 19.1. The van der Waals surface area contributed by atoms with Crippen LogP contribution in [0.5, 0.6) is 0 Å². The summed E-state index contributed by atoms with van der Waals surface area (Å²) in [6, 6.07) is 9.38. The Balaban J connectivity index is 1.50. The maximum absolute atomic E-state index is 13.8. The van der Waals surface area contributed by atoms with Crippen molar-refractivity contribution in [2.24, 2.45) is 0 Å². The molecule has 5 nitrogen and oxygen atoms in total. The third-order valence-electron chi connectivity index (χ3n) is 5.27. The molecule has 1 aliphatic heterocycles. The van der Waals surface area contributed by atoms with Gasteiger partial charge in [-0.15, -0.1) is 0 Å². The zero-order valence-corrected chi connectivity index (χ0v) is 16.2. The second-order valence-corrected chi connectivity index (χ2v) is 7.18. The summed E-state index contributed by atoms with van der Waals surface area (Å²) in [6.45, 7) is 3.89. The standard InChI is InChI=1S/C23H21FN4O/c1-16-7-9-28(19-11-26-15-27-12-19)14-21(16)18-4-2-17(3-5-18)10-23(29)20-6-8-25-13-22(20)24/h2-6,8,11-13,15H,7,9-10,14H2,1H3. The monoisotopic (exact) mass is 388 g/mol. The predicted octanol–water partition coefficient (Wildman–Crippen LogP) is 4.12. The van der Waals surface area contributed by atoms with Gasteiger partial charge in [-0.2, -0.15) is 0 Å². The molecular formula is C23H21FN4O. The molecule has 146 valence electrons. The Labute approximate surface area is 169 Å². The molecule has 0 spiro atoms. The molecule has 0 fully saturated rings. The lowest BCUT2D eigenvalue weighted by molar-refractivity contribution is 0.0989. The van der Waals surface area contributed by atoms with Gasteiger partial charge in [0.15, 0.2) is 11.6 Å². The third kappa shape index (κ3) is 4.21. The van der Waals surface area contributed by atoms with E-state index in [1.54, 1.807) is 0 Å². The third-order valence-corrected chi connectivity index (χ3v) is 5.27. The lowest BCUT2D eigenvalue weighted by Gasteiger charge is -2.31. The summed E-state index contributed by atoms with van der Waals surface area (Å²) in [7, 11) is 0. The SMILES string of the molecule is CC1=C(c2ccc(CC(=O)c3ccncc3F)cc2)CN(c2cncnc2)CC1. The van der Waals surface area contributed by atoms with E-state index in [-0.39, 0.29) is 17.8 Å². The lowest BCUT2D eigenvalue weighted by Crippen LogP contribution is -2.31. The van der Waals surface area contributed by atoms with Crippen molar-refractivity contribution in [1.82, 2.24) is 15.0 Å². The van der Waals surface area contributed by atoms with Crippen molar-refractivity contribution in [3.8, 4) is 0 Å². The topological polar surface area (TPSA) is 59.0 Å². The average Bonchev–Trinajstić information content (AvgIpc) is 2.76. The summed E-state index contributed by atoms with van der Waals surface area (Å²) in [5.41, 5.74) is 5.72. The summed E-state index contributed by atoms with van der Waals surface area (Å²) >= 11 is 0. The molecule has 0 saturated heterocycles. The molecule has 0 amide bonds. The highest BCUT2D eigenvalue weighted by molar-refractivity contribution is 5.97. The lowest BCUT2D eigenvalue weighted by atomic mass is 9.93. The maximum atomic E-state index is 13.8. The number of rotatable bonds is 5. The highest BCUT2D eigenvalue weighted by Gasteiger charge is 2.19. The Bertz CT molecular complexity index is 1050. The predicted molar refractivity (Wildman–Crippen MR) is 110 cm³/mol. The van der Waals surface area contributed by atoms with Gasteiger partial charge >= 0.3 is 0 Å². The van der Waals surface area contributed by atoms with Crippen LogP contribution in [-0.4, -0.2) is 33.8 Å². The smallest absolute Gasteiger partial charge is 0.170 e. The number of benzene rings is 1. The molecule has 0 aliphatic carbocycles. The number of halogens is 1. The fourth-order valence-corrected chi connectivity index (χ4v) is 3.58. The van der Waals surface area contributed by atoms with E-state index < -0.39 is 5.82 Å². The summed E-state index contributed by atoms with van der Waals surface area (Å²) in [5.74, 6) is -0.831. The Hall–Kier alpha value is -3.41. The number of anilines is 1. The van der Waals surface area contributed by atoms with Crippen LogP contribution in [0.3, 0.4) is 0 Å². The van der Waals surface area contributed by atoms with E-state index in [0.717, 1.165) is 42.5 Å². The number of carbonyl (C=O) groups excluding carboxylic acids is 1. The van der Waals surface area contributed by atoms with E-state index in [9.17, 15) is 9.18 Å². The molecule has 0 unspecified atom stereocenters. The molecule has 3 aromatic rings. The molecule has 1 aliphatic rings. The molecule has 0 radical (unpaired) electrons. The van der Waals surface area contributed by atoms with Crippen molar-refractivity contribution >= 4 is 17.0 Å². The molecule has 1 aromatic carbocycles. The number of Topliss-reactive ketones (excluding diaryl/α,β-unsaturated/α-hetero) is 1. The van der Waals surface area contributed by atoms with E-state index in [4.69, 9.17) is 0 Å². The minimum atomic E-state index is -0.581. The fraction of sp³-hybridized carbons (Fsp3) is 0.217. The first-order chi connectivity index (χ1) is 14.1. The Morgan fingerprint density at radius 2 is 1.83 bits per heavy atom. The number of nitrogens with zero attached hydrogens (tertiary/aromatic N) is 4. The Morgan fingerprint density at radius 3 is 2.55 bits per heavy atom. The first kappa shape index (κ1) is 18.9. The maximum Gasteiger partial charge on any atom is 0.170 e. The van der Waals surface area contributed by atoms with Crippen molar-refractivity contribution in [2.45, 2.75) is 19.8 Å². The molecule has 2 aromatic heterocycles. The minimum absolute atomic E-state index is 0.0793. The quantitative estimate of drug-likeness (QED) is 0.616. The van der Waals surface area contributed by atoms with Crippen LogP contribution >= 0.6 is 0 Å².